The Kier molecular flexibility index (Phi) is 8.71. The molecule has 0 unspecified atom stereocenters. The Balaban J connectivity index is 1.04. The van der Waals surface area contributed by atoms with Crippen LogP contribution in [0.2, 0.25) is 0 Å². The number of hydrogen-bond donors (Lipinski definition) is 0. The number of para-hydroxylation sites is 1. The molecule has 0 aliphatic carbocycles. The van der Waals surface area contributed by atoms with E-state index in [1.54, 1.807) is 0 Å². The van der Waals surface area contributed by atoms with Crippen LogP contribution >= 0.6 is 0 Å². The number of fused-ring (bicyclic) bond motifs is 4. The van der Waals surface area contributed by atoms with Crippen molar-refractivity contribution in [2.24, 2.45) is 0 Å². The van der Waals surface area contributed by atoms with Crippen molar-refractivity contribution < 1.29 is 0 Å². The smallest absolute Gasteiger partial charge is 0.164 e. The maximum atomic E-state index is 5.35. The summed E-state index contributed by atoms with van der Waals surface area (Å²) >= 11 is 0. The molecule has 0 N–H and O–H groups in total. The molecule has 4 heterocycles. The second kappa shape index (κ2) is 14.9. The van der Waals surface area contributed by atoms with Crippen molar-refractivity contribution in [3.8, 4) is 78.9 Å². The van der Waals surface area contributed by atoms with E-state index in [1.165, 1.54) is 0 Å². The molecule has 0 bridgehead atoms. The number of nitrogens with zero attached hydrogens (tertiary/aromatic N) is 6. The Morgan fingerprint density at radius 2 is 0.800 bits per heavy atom. The molecule has 0 fully saturated rings. The van der Waals surface area contributed by atoms with Crippen LogP contribution in [-0.2, 0) is 0 Å². The Bertz CT molecular complexity index is 3360. The minimum atomic E-state index is 0.575. The number of aromatic nitrogens is 6. The summed E-state index contributed by atoms with van der Waals surface area (Å²) in [6.45, 7) is 0. The number of rotatable bonds is 7. The maximum Gasteiger partial charge on any atom is 0.164 e. The molecular weight excluding hydrogens is 733 g/mol. The van der Waals surface area contributed by atoms with E-state index >= 15 is 0 Å². The molecule has 60 heavy (non-hydrogen) atoms. The average Bonchev–Trinajstić information content (AvgIpc) is 3.34. The van der Waals surface area contributed by atoms with Gasteiger partial charge in [-0.2, -0.15) is 0 Å². The first-order valence-corrected chi connectivity index (χ1v) is 19.9. The first kappa shape index (κ1) is 35.0. The average molecular weight is 767 g/mol. The summed E-state index contributed by atoms with van der Waals surface area (Å²) < 4.78 is 0. The van der Waals surface area contributed by atoms with Crippen LogP contribution in [0, 0.1) is 0 Å². The van der Waals surface area contributed by atoms with Crippen molar-refractivity contribution in [1.82, 2.24) is 29.9 Å². The zero-order valence-corrected chi connectivity index (χ0v) is 32.3. The van der Waals surface area contributed by atoms with Crippen molar-refractivity contribution in [1.29, 1.82) is 0 Å². The third-order valence-electron chi connectivity index (χ3n) is 10.9. The molecule has 0 saturated heterocycles. The van der Waals surface area contributed by atoms with Crippen LogP contribution in [0.5, 0.6) is 0 Å². The Labute approximate surface area is 346 Å². The van der Waals surface area contributed by atoms with Crippen molar-refractivity contribution in [2.45, 2.75) is 0 Å². The molecule has 6 nitrogen and oxygen atoms in total. The Morgan fingerprint density at radius 3 is 1.53 bits per heavy atom. The molecule has 6 heteroatoms. The topological polar surface area (TPSA) is 77.3 Å². The summed E-state index contributed by atoms with van der Waals surface area (Å²) in [6.07, 6.45) is 1.84. The Morgan fingerprint density at radius 1 is 0.267 bits per heavy atom. The van der Waals surface area contributed by atoms with Gasteiger partial charge in [0.25, 0.3) is 0 Å². The molecule has 0 radical (unpaired) electrons. The lowest BCUT2D eigenvalue weighted by molar-refractivity contribution is 1.07. The van der Waals surface area contributed by atoms with Gasteiger partial charge in [0.1, 0.15) is 0 Å². The molecule has 11 rings (SSSR count). The predicted octanol–water partition coefficient (Wildman–Crippen LogP) is 13.2. The van der Waals surface area contributed by atoms with E-state index in [-0.39, 0.29) is 0 Å². The fourth-order valence-electron chi connectivity index (χ4n) is 7.98. The lowest BCUT2D eigenvalue weighted by atomic mass is 9.97. The van der Waals surface area contributed by atoms with Crippen LogP contribution < -0.4 is 0 Å². The fourth-order valence-corrected chi connectivity index (χ4v) is 7.98. The van der Waals surface area contributed by atoms with E-state index in [4.69, 9.17) is 29.9 Å². The van der Waals surface area contributed by atoms with Crippen LogP contribution in [0.15, 0.2) is 206 Å². The quantitative estimate of drug-likeness (QED) is 0.150. The fraction of sp³-hybridized carbons (Fsp3) is 0. The van der Waals surface area contributed by atoms with E-state index in [1.807, 2.05) is 72.9 Å². The largest absolute Gasteiger partial charge is 0.256 e. The monoisotopic (exact) mass is 766 g/mol. The van der Waals surface area contributed by atoms with Crippen molar-refractivity contribution in [3.63, 3.8) is 0 Å². The highest BCUT2D eigenvalue weighted by Gasteiger charge is 2.17. The van der Waals surface area contributed by atoms with Crippen molar-refractivity contribution >= 4 is 32.7 Å². The summed E-state index contributed by atoms with van der Waals surface area (Å²) in [5, 5.41) is 3.17. The van der Waals surface area contributed by atoms with E-state index in [0.29, 0.717) is 17.5 Å². The molecule has 0 aliphatic heterocycles. The van der Waals surface area contributed by atoms with Crippen LogP contribution in [0.4, 0.5) is 0 Å². The molecule has 0 spiro atoms. The van der Waals surface area contributed by atoms with Gasteiger partial charge in [-0.3, -0.25) is 4.98 Å². The van der Waals surface area contributed by atoms with E-state index in [2.05, 4.69) is 133 Å². The van der Waals surface area contributed by atoms with Gasteiger partial charge < -0.3 is 0 Å². The maximum absolute atomic E-state index is 5.35. The van der Waals surface area contributed by atoms with Gasteiger partial charge in [-0.15, -0.1) is 0 Å². The molecule has 7 aromatic carbocycles. The highest BCUT2D eigenvalue weighted by molar-refractivity contribution is 6.09. The molecule has 280 valence electrons. The minimum Gasteiger partial charge on any atom is -0.256 e. The summed E-state index contributed by atoms with van der Waals surface area (Å²) in [7, 11) is 0. The van der Waals surface area contributed by atoms with Gasteiger partial charge in [0, 0.05) is 55.7 Å². The number of hydrogen-bond acceptors (Lipinski definition) is 6. The lowest BCUT2D eigenvalue weighted by Gasteiger charge is -2.13. The van der Waals surface area contributed by atoms with Gasteiger partial charge in [0.2, 0.25) is 0 Å². The van der Waals surface area contributed by atoms with Crippen LogP contribution in [0.3, 0.4) is 0 Å². The summed E-state index contributed by atoms with van der Waals surface area (Å²) in [6, 6.07) is 68.6. The van der Waals surface area contributed by atoms with E-state index in [9.17, 15) is 0 Å². The number of benzene rings is 7. The molecular formula is C54H34N6. The molecule has 0 saturated carbocycles. The Hall–Kier alpha value is -8.22. The second-order valence-corrected chi connectivity index (χ2v) is 14.7. The molecule has 11 aromatic rings. The van der Waals surface area contributed by atoms with Gasteiger partial charge >= 0.3 is 0 Å². The van der Waals surface area contributed by atoms with Crippen molar-refractivity contribution in [2.75, 3.05) is 0 Å². The van der Waals surface area contributed by atoms with E-state index < -0.39 is 0 Å². The van der Waals surface area contributed by atoms with Crippen LogP contribution in [0.25, 0.3) is 112 Å². The highest BCUT2D eigenvalue weighted by Crippen LogP contribution is 2.37. The normalized spacial score (nSPS) is 11.3. The van der Waals surface area contributed by atoms with Gasteiger partial charge in [-0.05, 0) is 47.0 Å². The third-order valence-corrected chi connectivity index (χ3v) is 10.9. The summed E-state index contributed by atoms with van der Waals surface area (Å²) in [5.74, 6) is 1.76. The summed E-state index contributed by atoms with van der Waals surface area (Å²) in [5.41, 5.74) is 13.4. The molecule has 0 amide bonds. The predicted molar refractivity (Wildman–Crippen MR) is 244 cm³/mol. The standard InChI is InChI=1S/C54H34N6/c1-4-14-35(15-5-1)46-34-48(36-16-6-2-7-17-36)57-51-45(46)29-27-38-28-30-47(56-50(38)51)41-22-11-24-43(33-41)54-59-52(39-18-8-3-9-19-39)58-53(60-54)42-23-10-21-40(32-42)44-26-12-20-37-25-13-31-55-49(37)44/h1-34H. The summed E-state index contributed by atoms with van der Waals surface area (Å²) in [4.78, 5) is 30.6. The zero-order valence-electron chi connectivity index (χ0n) is 32.3. The lowest BCUT2D eigenvalue weighted by Crippen LogP contribution is -2.00. The van der Waals surface area contributed by atoms with Gasteiger partial charge in [-0.1, -0.05) is 170 Å². The molecule has 4 aromatic heterocycles. The molecule has 0 aliphatic rings. The van der Waals surface area contributed by atoms with Gasteiger partial charge in [0.05, 0.1) is 27.9 Å². The van der Waals surface area contributed by atoms with Gasteiger partial charge in [-0.25, -0.2) is 24.9 Å². The van der Waals surface area contributed by atoms with Crippen LogP contribution in [-0.4, -0.2) is 29.9 Å². The third kappa shape index (κ3) is 6.52. The van der Waals surface area contributed by atoms with Gasteiger partial charge in [0.15, 0.2) is 17.5 Å². The SMILES string of the molecule is c1ccc(-c2cc(-c3ccccc3)c3ccc4ccc(-c5cccc(-c6nc(-c7ccccc7)nc(-c7cccc(-c8cccc9cccnc89)c7)n6)c5)nc4c3n2)cc1. The first-order valence-electron chi connectivity index (χ1n) is 19.9. The second-order valence-electron chi connectivity index (χ2n) is 14.7. The minimum absolute atomic E-state index is 0.575. The zero-order chi connectivity index (χ0) is 39.8. The highest BCUT2D eigenvalue weighted by atomic mass is 15.0. The number of pyridine rings is 3. The van der Waals surface area contributed by atoms with E-state index in [0.717, 1.165) is 94.2 Å². The van der Waals surface area contributed by atoms with Crippen LogP contribution in [0.1, 0.15) is 0 Å². The molecule has 0 atom stereocenters. The van der Waals surface area contributed by atoms with Crippen molar-refractivity contribution in [3.05, 3.63) is 206 Å². The first-order chi connectivity index (χ1) is 29.7.